The van der Waals surface area contributed by atoms with Gasteiger partial charge in [0.05, 0.1) is 26.7 Å². The monoisotopic (exact) mass is 476 g/mol. The summed E-state index contributed by atoms with van der Waals surface area (Å²) in [4.78, 5) is 13.0. The van der Waals surface area contributed by atoms with E-state index >= 15 is 0 Å². The van der Waals surface area contributed by atoms with Crippen molar-refractivity contribution in [3.8, 4) is 5.75 Å². The number of esters is 1. The molecular formula is C30H54NO3+. The molecule has 0 amide bonds. The third kappa shape index (κ3) is 12.8. The highest BCUT2D eigenvalue weighted by Gasteiger charge is 2.37. The van der Waals surface area contributed by atoms with Crippen LogP contribution in [0.5, 0.6) is 5.75 Å². The summed E-state index contributed by atoms with van der Waals surface area (Å²) in [5.41, 5.74) is 1.06. The molecule has 1 atom stereocenters. The molecule has 0 heterocycles. The first-order valence-corrected chi connectivity index (χ1v) is 14.3. The quantitative estimate of drug-likeness (QED) is 0.112. The number of unbranched alkanes of at least 4 members (excludes halogenated alkanes) is 13. The van der Waals surface area contributed by atoms with Crippen LogP contribution in [0.1, 0.15) is 116 Å². The molecule has 4 heteroatoms. The van der Waals surface area contributed by atoms with Crippen LogP contribution >= 0.6 is 0 Å². The maximum absolute atomic E-state index is 13.0. The lowest BCUT2D eigenvalue weighted by Crippen LogP contribution is -2.57. The number of quaternary nitrogens is 1. The Morgan fingerprint density at radius 3 is 1.65 bits per heavy atom. The van der Waals surface area contributed by atoms with Crippen molar-refractivity contribution in [3.05, 3.63) is 29.8 Å². The van der Waals surface area contributed by atoms with Crippen LogP contribution in [-0.2, 0) is 16.0 Å². The third-order valence-corrected chi connectivity index (χ3v) is 7.58. The molecule has 1 N–H and O–H groups in total. The van der Waals surface area contributed by atoms with Gasteiger partial charge >= 0.3 is 5.97 Å². The van der Waals surface area contributed by atoms with Crippen LogP contribution in [0.25, 0.3) is 0 Å². The number of carbonyl (C=O) groups excluding carboxylic acids is 1. The summed E-state index contributed by atoms with van der Waals surface area (Å²) in [6.45, 7) is 8.83. The Hall–Kier alpha value is -1.55. The van der Waals surface area contributed by atoms with Crippen LogP contribution in [0.15, 0.2) is 24.3 Å². The SMILES string of the molecule is CCCCCCCCCCCCCCCCOC(=O)[C@H](Cc1ccc(O)cc1)[N+](C)(CC)CC. The van der Waals surface area contributed by atoms with Gasteiger partial charge in [0, 0.05) is 6.42 Å². The summed E-state index contributed by atoms with van der Waals surface area (Å²) in [7, 11) is 2.14. The first kappa shape index (κ1) is 30.5. The lowest BCUT2D eigenvalue weighted by Gasteiger charge is -2.38. The molecule has 1 aromatic rings. The first-order valence-electron chi connectivity index (χ1n) is 14.3. The maximum atomic E-state index is 13.0. The average molecular weight is 477 g/mol. The highest BCUT2D eigenvalue weighted by atomic mass is 16.5. The van der Waals surface area contributed by atoms with E-state index in [1.807, 2.05) is 12.1 Å². The number of benzene rings is 1. The molecule has 34 heavy (non-hydrogen) atoms. The molecule has 0 bridgehead atoms. The number of aromatic hydroxyl groups is 1. The maximum Gasteiger partial charge on any atom is 0.365 e. The van der Waals surface area contributed by atoms with E-state index in [1.54, 1.807) is 12.1 Å². The number of phenols is 1. The predicted octanol–water partition coefficient (Wildman–Crippen LogP) is 7.81. The highest BCUT2D eigenvalue weighted by molar-refractivity contribution is 5.75. The Balaban J connectivity index is 2.20. The number of carbonyl (C=O) groups is 1. The standard InChI is InChI=1S/C30H53NO3/c1-5-8-9-10-11-12-13-14-15-16-17-18-19-20-25-34-30(33)29(31(4,6-2)7-3)26-27-21-23-28(32)24-22-27/h21-24,29H,5-20,25-26H2,1-4H3/p+1/t29-/m0/s1. The van der Waals surface area contributed by atoms with E-state index in [1.165, 1.54) is 77.0 Å². The molecular weight excluding hydrogens is 422 g/mol. The minimum absolute atomic E-state index is 0.0889. The minimum Gasteiger partial charge on any atom is -0.508 e. The second kappa shape index (κ2) is 18.7. The van der Waals surface area contributed by atoms with Crippen molar-refractivity contribution in [2.75, 3.05) is 26.7 Å². The van der Waals surface area contributed by atoms with Crippen molar-refractivity contribution >= 4 is 5.97 Å². The van der Waals surface area contributed by atoms with Crippen molar-refractivity contribution in [2.45, 2.75) is 123 Å². The van der Waals surface area contributed by atoms with Crippen molar-refractivity contribution in [1.29, 1.82) is 0 Å². The molecule has 1 aromatic carbocycles. The number of ether oxygens (including phenoxy) is 1. The van der Waals surface area contributed by atoms with Gasteiger partial charge in [-0.05, 0) is 38.0 Å². The van der Waals surface area contributed by atoms with Gasteiger partial charge in [-0.3, -0.25) is 0 Å². The van der Waals surface area contributed by atoms with Crippen LogP contribution in [0.4, 0.5) is 0 Å². The van der Waals surface area contributed by atoms with Crippen LogP contribution in [-0.4, -0.2) is 48.3 Å². The van der Waals surface area contributed by atoms with Crippen molar-refractivity contribution in [1.82, 2.24) is 0 Å². The Bertz CT molecular complexity index is 624. The van der Waals surface area contributed by atoms with Crippen molar-refractivity contribution < 1.29 is 19.1 Å². The molecule has 0 spiro atoms. The number of rotatable bonds is 21. The third-order valence-electron chi connectivity index (χ3n) is 7.58. The summed E-state index contributed by atoms with van der Waals surface area (Å²) in [6, 6.07) is 6.97. The van der Waals surface area contributed by atoms with E-state index in [-0.39, 0.29) is 17.8 Å². The number of phenolic OH excluding ortho intramolecular Hbond substituents is 1. The van der Waals surface area contributed by atoms with Gasteiger partial charge < -0.3 is 14.3 Å². The normalized spacial score (nSPS) is 12.6. The van der Waals surface area contributed by atoms with Crippen LogP contribution in [0.3, 0.4) is 0 Å². The molecule has 0 saturated carbocycles. The topological polar surface area (TPSA) is 46.5 Å². The molecule has 0 aliphatic rings. The number of likely N-dealkylation sites (N-methyl/N-ethyl adjacent to an activating group) is 1. The molecule has 0 unspecified atom stereocenters. The van der Waals surface area contributed by atoms with Gasteiger partial charge in [0.2, 0.25) is 0 Å². The van der Waals surface area contributed by atoms with Gasteiger partial charge in [-0.2, -0.15) is 0 Å². The highest BCUT2D eigenvalue weighted by Crippen LogP contribution is 2.20. The molecule has 0 aliphatic heterocycles. The van der Waals surface area contributed by atoms with Crippen molar-refractivity contribution in [2.24, 2.45) is 0 Å². The Kier molecular flexibility index (Phi) is 16.8. The van der Waals surface area contributed by atoms with E-state index in [0.29, 0.717) is 17.5 Å². The lowest BCUT2D eigenvalue weighted by molar-refractivity contribution is -0.921. The number of hydrogen-bond donors (Lipinski definition) is 1. The fraction of sp³-hybridized carbons (Fsp3) is 0.767. The average Bonchev–Trinajstić information content (AvgIpc) is 2.85. The van der Waals surface area contributed by atoms with Gasteiger partial charge in [0.15, 0.2) is 6.04 Å². The van der Waals surface area contributed by atoms with Gasteiger partial charge in [0.25, 0.3) is 0 Å². The molecule has 0 radical (unpaired) electrons. The number of nitrogens with zero attached hydrogens (tertiary/aromatic N) is 1. The molecule has 4 nitrogen and oxygen atoms in total. The zero-order valence-corrected chi connectivity index (χ0v) is 22.8. The predicted molar refractivity (Wildman–Crippen MR) is 144 cm³/mol. The Morgan fingerprint density at radius 1 is 0.765 bits per heavy atom. The minimum atomic E-state index is -0.216. The van der Waals surface area contributed by atoms with Crippen molar-refractivity contribution in [3.63, 3.8) is 0 Å². The van der Waals surface area contributed by atoms with E-state index in [2.05, 4.69) is 27.8 Å². The van der Waals surface area contributed by atoms with E-state index in [0.717, 1.165) is 31.5 Å². The Labute approximate surface area is 210 Å². The molecule has 196 valence electrons. The van der Waals surface area contributed by atoms with Gasteiger partial charge in [0.1, 0.15) is 5.75 Å². The summed E-state index contributed by atoms with van der Waals surface area (Å²) < 4.78 is 6.42. The van der Waals surface area contributed by atoms with Gasteiger partial charge in [-0.1, -0.05) is 103 Å². The summed E-state index contributed by atoms with van der Waals surface area (Å²) >= 11 is 0. The molecule has 0 fully saturated rings. The number of hydrogen-bond acceptors (Lipinski definition) is 3. The van der Waals surface area contributed by atoms with E-state index in [9.17, 15) is 9.90 Å². The molecule has 0 saturated heterocycles. The van der Waals surface area contributed by atoms with Gasteiger partial charge in [-0.15, -0.1) is 0 Å². The summed E-state index contributed by atoms with van der Waals surface area (Å²) in [5.74, 6) is 0.165. The largest absolute Gasteiger partial charge is 0.508 e. The second-order valence-corrected chi connectivity index (χ2v) is 10.3. The van der Waals surface area contributed by atoms with Crippen LogP contribution < -0.4 is 0 Å². The van der Waals surface area contributed by atoms with Crippen LogP contribution in [0.2, 0.25) is 0 Å². The summed E-state index contributed by atoms with van der Waals surface area (Å²) in [5, 5.41) is 9.56. The smallest absolute Gasteiger partial charge is 0.365 e. The van der Waals surface area contributed by atoms with Crippen LogP contribution in [0, 0.1) is 0 Å². The lowest BCUT2D eigenvalue weighted by atomic mass is 10.0. The van der Waals surface area contributed by atoms with E-state index < -0.39 is 0 Å². The second-order valence-electron chi connectivity index (χ2n) is 10.3. The van der Waals surface area contributed by atoms with Gasteiger partial charge in [-0.25, -0.2) is 4.79 Å². The van der Waals surface area contributed by atoms with E-state index in [4.69, 9.17) is 4.74 Å². The fourth-order valence-corrected chi connectivity index (χ4v) is 4.64. The Morgan fingerprint density at radius 2 is 1.21 bits per heavy atom. The molecule has 0 aliphatic carbocycles. The molecule has 1 rings (SSSR count). The fourth-order valence-electron chi connectivity index (χ4n) is 4.64. The first-order chi connectivity index (χ1) is 16.5. The zero-order chi connectivity index (χ0) is 25.1. The summed E-state index contributed by atoms with van der Waals surface area (Å²) in [6.07, 6.45) is 19.2. The molecule has 0 aromatic heterocycles. The zero-order valence-electron chi connectivity index (χ0n) is 22.8.